The number of para-hydroxylation sites is 1. The number of aromatic nitrogens is 1. The average Bonchev–Trinajstić information content (AvgIpc) is 2.28. The first kappa shape index (κ1) is 10.5. The third-order valence-corrected chi connectivity index (χ3v) is 2.30. The first-order valence-electron chi connectivity index (χ1n) is 5.13. The van der Waals surface area contributed by atoms with E-state index in [4.69, 9.17) is 10.5 Å². The summed E-state index contributed by atoms with van der Waals surface area (Å²) in [7, 11) is 0. The normalized spacial score (nSPS) is 10.1. The minimum atomic E-state index is 0.489. The summed E-state index contributed by atoms with van der Waals surface area (Å²) in [5, 5.41) is 0. The summed E-state index contributed by atoms with van der Waals surface area (Å²) >= 11 is 0. The zero-order valence-electron chi connectivity index (χ0n) is 9.18. The molecule has 0 fully saturated rings. The first-order chi connectivity index (χ1) is 7.75. The van der Waals surface area contributed by atoms with E-state index >= 15 is 0 Å². The third kappa shape index (κ3) is 2.51. The van der Waals surface area contributed by atoms with Gasteiger partial charge in [-0.05, 0) is 24.6 Å². The molecule has 0 aliphatic rings. The Hall–Kier alpha value is -2.03. The monoisotopic (exact) mass is 214 g/mol. The van der Waals surface area contributed by atoms with Crippen molar-refractivity contribution in [2.75, 3.05) is 5.73 Å². The lowest BCUT2D eigenvalue weighted by atomic mass is 10.2. The van der Waals surface area contributed by atoms with Crippen LogP contribution in [0.25, 0.3) is 0 Å². The Morgan fingerprint density at radius 3 is 2.81 bits per heavy atom. The Morgan fingerprint density at radius 2 is 2.06 bits per heavy atom. The zero-order valence-corrected chi connectivity index (χ0v) is 9.18. The molecule has 3 heteroatoms. The van der Waals surface area contributed by atoms with Gasteiger partial charge < -0.3 is 10.5 Å². The third-order valence-electron chi connectivity index (χ3n) is 2.30. The number of rotatable bonds is 3. The fourth-order valence-electron chi connectivity index (χ4n) is 1.47. The predicted molar refractivity (Wildman–Crippen MR) is 64.2 cm³/mol. The van der Waals surface area contributed by atoms with Gasteiger partial charge in [-0.1, -0.05) is 18.2 Å². The molecule has 1 heterocycles. The number of anilines is 1. The second-order valence-electron chi connectivity index (χ2n) is 3.68. The van der Waals surface area contributed by atoms with Gasteiger partial charge in [0.1, 0.15) is 12.4 Å². The van der Waals surface area contributed by atoms with Crippen molar-refractivity contribution in [2.45, 2.75) is 13.5 Å². The van der Waals surface area contributed by atoms with Crippen LogP contribution in [0.15, 0.2) is 42.7 Å². The van der Waals surface area contributed by atoms with Gasteiger partial charge in [0.2, 0.25) is 0 Å². The van der Waals surface area contributed by atoms with Crippen LogP contribution in [0.3, 0.4) is 0 Å². The van der Waals surface area contributed by atoms with Crippen molar-refractivity contribution in [1.29, 1.82) is 0 Å². The molecular formula is C13H14N2O. The van der Waals surface area contributed by atoms with E-state index in [0.717, 1.165) is 16.9 Å². The van der Waals surface area contributed by atoms with E-state index in [9.17, 15) is 0 Å². The van der Waals surface area contributed by atoms with Gasteiger partial charge in [-0.3, -0.25) is 4.98 Å². The van der Waals surface area contributed by atoms with Gasteiger partial charge in [0.05, 0.1) is 5.69 Å². The Bertz CT molecular complexity index is 483. The molecule has 0 saturated heterocycles. The predicted octanol–water partition coefficient (Wildman–Crippen LogP) is 2.55. The molecular weight excluding hydrogens is 200 g/mol. The van der Waals surface area contributed by atoms with Gasteiger partial charge in [-0.15, -0.1) is 0 Å². The molecule has 16 heavy (non-hydrogen) atoms. The number of ether oxygens (including phenoxy) is 1. The SMILES string of the molecule is Cc1ccccc1OCc1cncc(N)c1. The highest BCUT2D eigenvalue weighted by Crippen LogP contribution is 2.17. The van der Waals surface area contributed by atoms with E-state index < -0.39 is 0 Å². The van der Waals surface area contributed by atoms with Gasteiger partial charge in [0, 0.05) is 18.0 Å². The number of pyridine rings is 1. The van der Waals surface area contributed by atoms with Gasteiger partial charge >= 0.3 is 0 Å². The second-order valence-corrected chi connectivity index (χ2v) is 3.68. The van der Waals surface area contributed by atoms with Crippen molar-refractivity contribution < 1.29 is 4.74 Å². The van der Waals surface area contributed by atoms with Crippen molar-refractivity contribution in [1.82, 2.24) is 4.98 Å². The largest absolute Gasteiger partial charge is 0.489 e. The summed E-state index contributed by atoms with van der Waals surface area (Å²) in [5.74, 6) is 0.893. The maximum Gasteiger partial charge on any atom is 0.122 e. The van der Waals surface area contributed by atoms with Gasteiger partial charge in [-0.2, -0.15) is 0 Å². The molecule has 0 unspecified atom stereocenters. The smallest absolute Gasteiger partial charge is 0.122 e. The second kappa shape index (κ2) is 4.66. The summed E-state index contributed by atoms with van der Waals surface area (Å²) in [4.78, 5) is 4.01. The van der Waals surface area contributed by atoms with Gasteiger partial charge in [0.15, 0.2) is 0 Å². The fraction of sp³-hybridized carbons (Fsp3) is 0.154. The van der Waals surface area contributed by atoms with Crippen LogP contribution in [0, 0.1) is 6.92 Å². The van der Waals surface area contributed by atoms with E-state index in [0.29, 0.717) is 12.3 Å². The van der Waals surface area contributed by atoms with Crippen molar-refractivity contribution in [2.24, 2.45) is 0 Å². The number of nitrogens with two attached hydrogens (primary N) is 1. The lowest BCUT2D eigenvalue weighted by Gasteiger charge is -2.08. The van der Waals surface area contributed by atoms with E-state index in [1.165, 1.54) is 0 Å². The van der Waals surface area contributed by atoms with Crippen LogP contribution in [-0.4, -0.2) is 4.98 Å². The molecule has 0 aliphatic carbocycles. The zero-order chi connectivity index (χ0) is 11.4. The quantitative estimate of drug-likeness (QED) is 0.854. The van der Waals surface area contributed by atoms with Crippen LogP contribution in [0.5, 0.6) is 5.75 Å². The summed E-state index contributed by atoms with van der Waals surface area (Å²) in [6.45, 7) is 2.51. The number of benzene rings is 1. The van der Waals surface area contributed by atoms with E-state index in [-0.39, 0.29) is 0 Å². The maximum atomic E-state index is 5.68. The number of hydrogen-bond donors (Lipinski definition) is 1. The molecule has 1 aromatic carbocycles. The molecule has 2 aromatic rings. The standard InChI is InChI=1S/C13H14N2O/c1-10-4-2-3-5-13(10)16-9-11-6-12(14)8-15-7-11/h2-8H,9,14H2,1H3. The number of aryl methyl sites for hydroxylation is 1. The van der Waals surface area contributed by atoms with Gasteiger partial charge in [0.25, 0.3) is 0 Å². The molecule has 1 aromatic heterocycles. The molecule has 0 atom stereocenters. The van der Waals surface area contributed by atoms with Crippen LogP contribution in [-0.2, 0) is 6.61 Å². The summed E-state index contributed by atoms with van der Waals surface area (Å²) in [6.07, 6.45) is 3.38. The number of hydrogen-bond acceptors (Lipinski definition) is 3. The first-order valence-corrected chi connectivity index (χ1v) is 5.13. The van der Waals surface area contributed by atoms with Crippen LogP contribution in [0.2, 0.25) is 0 Å². The highest BCUT2D eigenvalue weighted by molar-refractivity contribution is 5.37. The van der Waals surface area contributed by atoms with Crippen molar-refractivity contribution in [3.8, 4) is 5.75 Å². The highest BCUT2D eigenvalue weighted by Gasteiger charge is 1.99. The van der Waals surface area contributed by atoms with Crippen molar-refractivity contribution >= 4 is 5.69 Å². The summed E-state index contributed by atoms with van der Waals surface area (Å²) < 4.78 is 5.68. The highest BCUT2D eigenvalue weighted by atomic mass is 16.5. The average molecular weight is 214 g/mol. The van der Waals surface area contributed by atoms with E-state index in [2.05, 4.69) is 4.98 Å². The molecule has 0 amide bonds. The van der Waals surface area contributed by atoms with Crippen LogP contribution >= 0.6 is 0 Å². The van der Waals surface area contributed by atoms with Gasteiger partial charge in [-0.25, -0.2) is 0 Å². The molecule has 0 spiro atoms. The summed E-state index contributed by atoms with van der Waals surface area (Å²) in [5.41, 5.74) is 8.40. The van der Waals surface area contributed by atoms with Crippen LogP contribution in [0.4, 0.5) is 5.69 Å². The van der Waals surface area contributed by atoms with E-state index in [1.54, 1.807) is 12.4 Å². The van der Waals surface area contributed by atoms with Crippen molar-refractivity contribution in [3.63, 3.8) is 0 Å². The Kier molecular flexibility index (Phi) is 3.05. The molecule has 3 nitrogen and oxygen atoms in total. The Morgan fingerprint density at radius 1 is 1.25 bits per heavy atom. The molecule has 2 N–H and O–H groups in total. The lowest BCUT2D eigenvalue weighted by Crippen LogP contribution is -1.98. The molecule has 0 radical (unpaired) electrons. The molecule has 0 saturated carbocycles. The Labute approximate surface area is 94.9 Å². The number of nitrogen functional groups attached to an aromatic ring is 1. The van der Waals surface area contributed by atoms with E-state index in [1.807, 2.05) is 37.3 Å². The fourth-order valence-corrected chi connectivity index (χ4v) is 1.47. The van der Waals surface area contributed by atoms with Crippen LogP contribution in [0.1, 0.15) is 11.1 Å². The topological polar surface area (TPSA) is 48.1 Å². The Balaban J connectivity index is 2.05. The molecule has 0 bridgehead atoms. The minimum absolute atomic E-state index is 0.489. The lowest BCUT2D eigenvalue weighted by molar-refractivity contribution is 0.303. The maximum absolute atomic E-state index is 5.68. The molecule has 0 aliphatic heterocycles. The minimum Gasteiger partial charge on any atom is -0.489 e. The van der Waals surface area contributed by atoms with Crippen LogP contribution < -0.4 is 10.5 Å². The molecule has 2 rings (SSSR count). The molecule has 82 valence electrons. The van der Waals surface area contributed by atoms with Crippen molar-refractivity contribution in [3.05, 3.63) is 53.9 Å². The summed E-state index contributed by atoms with van der Waals surface area (Å²) in [6, 6.07) is 9.79. The number of nitrogens with zero attached hydrogens (tertiary/aromatic N) is 1.